The van der Waals surface area contributed by atoms with E-state index in [0.717, 1.165) is 164 Å². The molecule has 0 aliphatic rings. The van der Waals surface area contributed by atoms with Crippen LogP contribution in [0.3, 0.4) is 0 Å². The summed E-state index contributed by atoms with van der Waals surface area (Å²) in [5, 5.41) is 20.4. The van der Waals surface area contributed by atoms with E-state index in [2.05, 4.69) is 319 Å². The summed E-state index contributed by atoms with van der Waals surface area (Å²) in [6.07, 6.45) is -2.68. The van der Waals surface area contributed by atoms with Crippen LogP contribution in [0.1, 0.15) is 342 Å². The number of nitrogens with zero attached hydrogens (tertiary/aromatic N) is 2. The number of thiol groups is 4. The summed E-state index contributed by atoms with van der Waals surface area (Å²) < 4.78 is 11.0. The molecule has 0 heterocycles. The average Bonchev–Trinajstić information content (AvgIpc) is 0.664. The Balaban J connectivity index is 1.87. The summed E-state index contributed by atoms with van der Waals surface area (Å²) >= 11 is 20.7. The molecule has 22 heteroatoms. The van der Waals surface area contributed by atoms with Gasteiger partial charge in [-0.3, -0.25) is 28.2 Å². The molecule has 8 rings (SSSR count). The number of carbonyl (C=O) groups is 4. The molecule has 128 heavy (non-hydrogen) atoms. The number of imide groups is 2. The molecule has 0 aromatic heterocycles. The van der Waals surface area contributed by atoms with Gasteiger partial charge in [0.25, 0.3) is 5.91 Å². The molecule has 0 saturated carbocycles. The first-order valence-electron chi connectivity index (χ1n) is 44.7. The van der Waals surface area contributed by atoms with E-state index in [0.29, 0.717) is 59.7 Å². The maximum Gasteiger partial charge on any atom is 0.329 e. The lowest BCUT2D eigenvalue weighted by molar-refractivity contribution is -0.153. The van der Waals surface area contributed by atoms with Crippen LogP contribution in [0.2, 0.25) is 0 Å². The van der Waals surface area contributed by atoms with Crippen molar-refractivity contribution in [3.63, 3.8) is 0 Å². The number of hydrazine groups is 2. The van der Waals surface area contributed by atoms with Crippen molar-refractivity contribution in [1.82, 2.24) is 10.0 Å². The normalized spacial score (nSPS) is 13.2. The molecule has 0 unspecified atom stereocenters. The van der Waals surface area contributed by atoms with Crippen LogP contribution in [0.5, 0.6) is 0 Å². The zero-order valence-corrected chi connectivity index (χ0v) is 87.7. The molecule has 4 amide bonds. The number of hydrogen-bond donors (Lipinski definition) is 12. The lowest BCUT2D eigenvalue weighted by Gasteiger charge is -2.57. The predicted molar refractivity (Wildman–Crippen MR) is 541 cm³/mol. The van der Waals surface area contributed by atoms with Crippen molar-refractivity contribution >= 4 is 91.3 Å². The standard InChI is InChI=1S/C106H148N4O12P2S4/c1-59-41-79(75(97(9,10)11)49-67(59)71-53-83(101(21,22)23)87(125)45-63(71)5)105(40-38-36-34-33-35-37-39-91(111)109(107)92(112)57-94(114)115,80-42-60(2)68(50-76(80)98(12,13)14)72-54-84(102(24,25)26)88(126)46-64(72)6)106(96(116)110(108)93(113)58-95(121-123(117)118)122-124(119)120,81-43-61(3)69(51-77(81)99(15,16)17)73-55-85(103(27,28)29)89(127)47-65(73)7)82-44-62(4)70(52-78(82)100(18,19)20)74-56-86(104(30,31)32)90(128)48-66(74)8/h41-56,94-95,114-115,117-120,125-128H,33-40,57-58,107-108H2,1-32H3. The highest BCUT2D eigenvalue weighted by atomic mass is 32.1. The van der Waals surface area contributed by atoms with Gasteiger partial charge in [-0.1, -0.05) is 247 Å². The number of carbonyl (C=O) groups excluding carboxylic acids is 4. The number of aliphatic hydroxyl groups is 2. The fourth-order valence-electron chi connectivity index (χ4n) is 18.9. The van der Waals surface area contributed by atoms with Crippen molar-refractivity contribution in [1.29, 1.82) is 0 Å². The maximum atomic E-state index is 20.1. The van der Waals surface area contributed by atoms with Gasteiger partial charge >= 0.3 is 17.2 Å². The van der Waals surface area contributed by atoms with Gasteiger partial charge in [0.05, 0.1) is 12.8 Å². The van der Waals surface area contributed by atoms with Gasteiger partial charge in [0.15, 0.2) is 12.6 Å². The number of hydrogen-bond acceptors (Lipinski definition) is 18. The molecule has 8 aromatic rings. The molecular weight excluding hydrogens is 1710 g/mol. The van der Waals surface area contributed by atoms with Crippen LogP contribution in [-0.4, -0.2) is 76.0 Å². The van der Waals surface area contributed by atoms with E-state index in [1.165, 1.54) is 0 Å². The number of benzene rings is 8. The number of rotatable bonds is 27. The average molecular weight is 1860 g/mol. The van der Waals surface area contributed by atoms with Crippen LogP contribution >= 0.6 is 67.7 Å². The first-order valence-corrected chi connectivity index (χ1v) is 48.9. The van der Waals surface area contributed by atoms with Crippen molar-refractivity contribution < 1.29 is 58.0 Å². The van der Waals surface area contributed by atoms with E-state index in [1.54, 1.807) is 0 Å². The van der Waals surface area contributed by atoms with E-state index < -0.39 is 98.7 Å². The smallest absolute Gasteiger partial charge is 0.329 e. The number of aryl methyl sites for hydroxylation is 8. The van der Waals surface area contributed by atoms with Crippen LogP contribution < -0.4 is 11.7 Å². The lowest BCUT2D eigenvalue weighted by atomic mass is 9.45. The van der Waals surface area contributed by atoms with E-state index in [-0.39, 0.29) is 34.5 Å². The van der Waals surface area contributed by atoms with Crippen molar-refractivity contribution in [2.24, 2.45) is 11.7 Å². The Hall–Kier alpha value is -6.10. The Morgan fingerprint density at radius 2 is 0.539 bits per heavy atom. The molecule has 0 radical (unpaired) electrons. The third-order valence-electron chi connectivity index (χ3n) is 25.5. The van der Waals surface area contributed by atoms with Gasteiger partial charge < -0.3 is 29.8 Å². The Kier molecular flexibility index (Phi) is 33.7. The Bertz CT molecular complexity index is 5220. The molecule has 0 saturated heterocycles. The number of aliphatic hydroxyl groups excluding tert-OH is 1. The molecule has 10 N–H and O–H groups in total. The molecule has 0 spiro atoms. The van der Waals surface area contributed by atoms with E-state index >= 15 is 9.59 Å². The summed E-state index contributed by atoms with van der Waals surface area (Å²) in [5.74, 6) is 10.5. The van der Waals surface area contributed by atoms with Gasteiger partial charge in [-0.25, -0.2) is 21.7 Å². The summed E-state index contributed by atoms with van der Waals surface area (Å²) in [5.41, 5.74) is 15.7. The second-order valence-electron chi connectivity index (χ2n) is 44.1. The quantitative estimate of drug-likeness (QED) is 0.00435. The number of nitrogens with two attached hydrogens (primary N) is 2. The molecular formula is C106H148N4O12P2S4. The SMILES string of the molecule is Cc1cc(S)c(C(C)(C)C)cc1-c1cc(C(C)(C)C)c(C(CCCCCCCCC(=O)N(N)C(=O)CC(O)O)(c2cc(C)c(-c3cc(C(C)(C)C)c(S)cc3C)cc2C(C)(C)C)C(C(=O)N(N)C(=O)CC(OP(O)O)OP(O)O)(c2cc(C)c(-c3cc(C(C)(C)C)c(S)cc3C)cc2C(C)(C)C)c2cc(C)c(-c3cc(C(C)(C)C)c(S)cc3C)cc2C(C)(C)C)cc1C. The van der Waals surface area contributed by atoms with Crippen molar-refractivity contribution in [2.75, 3.05) is 0 Å². The van der Waals surface area contributed by atoms with Crippen molar-refractivity contribution in [2.45, 2.75) is 372 Å². The van der Waals surface area contributed by atoms with Crippen molar-refractivity contribution in [3.05, 3.63) is 208 Å². The Labute approximate surface area is 790 Å². The second-order valence-corrected chi connectivity index (χ2v) is 47.5. The van der Waals surface area contributed by atoms with Crippen LogP contribution in [0.15, 0.2) is 117 Å². The topological polar surface area (TPSA) is 267 Å². The highest BCUT2D eigenvalue weighted by molar-refractivity contribution is 7.81. The van der Waals surface area contributed by atoms with E-state index in [1.807, 2.05) is 0 Å². The largest absolute Gasteiger partial charge is 0.368 e. The van der Waals surface area contributed by atoms with Gasteiger partial charge in [-0.2, -0.15) is 0 Å². The number of unbranched alkanes of at least 4 members (excludes halogenated alkanes) is 5. The van der Waals surface area contributed by atoms with E-state index in [9.17, 15) is 39.4 Å². The highest BCUT2D eigenvalue weighted by Gasteiger charge is 2.66. The Morgan fingerprint density at radius 3 is 0.797 bits per heavy atom. The molecule has 0 atom stereocenters. The molecule has 0 bridgehead atoms. The molecule has 0 aliphatic heterocycles. The molecule has 0 fully saturated rings. The number of amides is 4. The molecule has 8 aromatic carbocycles. The second kappa shape index (κ2) is 40.2. The third-order valence-corrected chi connectivity index (χ3v) is 27.8. The summed E-state index contributed by atoms with van der Waals surface area (Å²) in [7, 11) is -6.69. The first-order chi connectivity index (χ1) is 58.5. The van der Waals surface area contributed by atoms with Gasteiger partial charge in [0.1, 0.15) is 5.41 Å². The third kappa shape index (κ3) is 23.4. The lowest BCUT2D eigenvalue weighted by Crippen LogP contribution is -2.65. The van der Waals surface area contributed by atoms with Crippen molar-refractivity contribution in [3.8, 4) is 44.5 Å². The summed E-state index contributed by atoms with van der Waals surface area (Å²) in [6.45, 7) is 69.6. The minimum Gasteiger partial charge on any atom is -0.368 e. The van der Waals surface area contributed by atoms with E-state index in [4.69, 9.17) is 71.2 Å². The zero-order valence-electron chi connectivity index (χ0n) is 82.3. The maximum absolute atomic E-state index is 20.1. The van der Waals surface area contributed by atoms with Gasteiger partial charge in [-0.15, -0.1) is 50.5 Å². The zero-order chi connectivity index (χ0) is 97.0. The fraction of sp³-hybridized carbons (Fsp3) is 0.509. The van der Waals surface area contributed by atoms with Crippen LogP contribution in [-0.2, 0) is 82.4 Å². The first kappa shape index (κ1) is 107. The minimum absolute atomic E-state index is 0.0758. The molecule has 16 nitrogen and oxygen atoms in total. The molecule has 0 aliphatic carbocycles. The van der Waals surface area contributed by atoms with Crippen LogP contribution in [0.25, 0.3) is 44.5 Å². The van der Waals surface area contributed by atoms with Gasteiger partial charge in [0, 0.05) is 31.4 Å². The fourth-order valence-corrected chi connectivity index (χ4v) is 22.0. The Morgan fingerprint density at radius 1 is 0.312 bits per heavy atom. The predicted octanol–water partition coefficient (Wildman–Crippen LogP) is 25.1. The summed E-state index contributed by atoms with van der Waals surface area (Å²) in [4.78, 5) is 110. The summed E-state index contributed by atoms with van der Waals surface area (Å²) in [6, 6.07) is 36.0. The monoisotopic (exact) mass is 1860 g/mol. The van der Waals surface area contributed by atoms with Crippen LogP contribution in [0, 0.1) is 55.4 Å². The van der Waals surface area contributed by atoms with Gasteiger partial charge in [-0.05, 0) is 316 Å². The van der Waals surface area contributed by atoms with Gasteiger partial charge in [0.2, 0.25) is 17.7 Å². The highest BCUT2D eigenvalue weighted by Crippen LogP contribution is 2.65. The minimum atomic E-state index is -3.35. The van der Waals surface area contributed by atoms with Crippen LogP contribution in [0.4, 0.5) is 0 Å². The molecule has 698 valence electrons.